The van der Waals surface area contributed by atoms with Crippen molar-refractivity contribution in [1.29, 1.82) is 0 Å². The Labute approximate surface area is 154 Å². The fraction of sp³-hybridized carbons (Fsp3) is 0.526. The van der Waals surface area contributed by atoms with Crippen LogP contribution in [0.1, 0.15) is 32.3 Å². The highest BCUT2D eigenvalue weighted by Gasteiger charge is 2.26. The van der Waals surface area contributed by atoms with E-state index in [1.807, 2.05) is 22.9 Å². The van der Waals surface area contributed by atoms with Gasteiger partial charge < -0.3 is 15.4 Å². The van der Waals surface area contributed by atoms with E-state index in [1.54, 1.807) is 18.7 Å². The van der Waals surface area contributed by atoms with Crippen molar-refractivity contribution in [2.24, 2.45) is 5.92 Å². The minimum absolute atomic E-state index is 0.0347. The molecule has 2 N–H and O–H groups in total. The summed E-state index contributed by atoms with van der Waals surface area (Å²) in [5, 5.41) is 6.57. The van der Waals surface area contributed by atoms with Gasteiger partial charge in [-0.1, -0.05) is 13.8 Å². The summed E-state index contributed by atoms with van der Waals surface area (Å²) in [7, 11) is 0. The number of carbonyl (C=O) groups excluding carboxylic acids is 1. The van der Waals surface area contributed by atoms with Gasteiger partial charge >= 0.3 is 0 Å². The predicted octanol–water partition coefficient (Wildman–Crippen LogP) is 1.68. The molecule has 3 rings (SSSR count). The van der Waals surface area contributed by atoms with Gasteiger partial charge in [0.2, 0.25) is 5.91 Å². The van der Waals surface area contributed by atoms with Crippen LogP contribution in [-0.2, 0) is 16.1 Å². The third-order valence-corrected chi connectivity index (χ3v) is 4.63. The van der Waals surface area contributed by atoms with Crippen molar-refractivity contribution in [1.82, 2.24) is 25.2 Å². The lowest BCUT2D eigenvalue weighted by atomic mass is 10.00. The second kappa shape index (κ2) is 8.91. The first-order chi connectivity index (χ1) is 12.6. The molecule has 1 fully saturated rings. The number of imidazole rings is 1. The molecule has 1 atom stereocenters. The largest absolute Gasteiger partial charge is 0.381 e. The number of hydrogen-bond donors (Lipinski definition) is 2. The molecule has 0 bridgehead atoms. The molecular weight excluding hydrogens is 330 g/mol. The zero-order chi connectivity index (χ0) is 18.4. The number of hydrogen-bond acceptors (Lipinski definition) is 5. The number of aromatic nitrogens is 3. The Morgan fingerprint density at radius 2 is 2.15 bits per heavy atom. The first-order valence-electron chi connectivity index (χ1n) is 9.18. The van der Waals surface area contributed by atoms with Crippen molar-refractivity contribution in [3.05, 3.63) is 42.6 Å². The van der Waals surface area contributed by atoms with Gasteiger partial charge in [-0.2, -0.15) is 0 Å². The first kappa shape index (κ1) is 18.5. The molecule has 1 aliphatic rings. The summed E-state index contributed by atoms with van der Waals surface area (Å²) in [6.07, 6.45) is 8.92. The standard InChI is InChI=1S/C19H27N5O2/c1-14(2)18(23-16-4-9-26-10-5-16)19(25)22-12-15-3-6-21-17(11-15)24-8-7-20-13-24/h3,6-8,11,13-14,16,18,23H,4-5,9-10,12H2,1-2H3,(H,22,25). The van der Waals surface area contributed by atoms with E-state index in [2.05, 4.69) is 34.4 Å². The van der Waals surface area contributed by atoms with Crippen molar-refractivity contribution >= 4 is 5.91 Å². The van der Waals surface area contributed by atoms with E-state index in [4.69, 9.17) is 4.74 Å². The molecule has 140 valence electrons. The molecule has 0 saturated carbocycles. The molecule has 7 nitrogen and oxygen atoms in total. The second-order valence-electron chi connectivity index (χ2n) is 6.99. The Bertz CT molecular complexity index is 696. The van der Waals surface area contributed by atoms with Gasteiger partial charge in [0.1, 0.15) is 12.1 Å². The average Bonchev–Trinajstić information content (AvgIpc) is 3.20. The van der Waals surface area contributed by atoms with E-state index in [9.17, 15) is 4.79 Å². The predicted molar refractivity (Wildman–Crippen MR) is 98.8 cm³/mol. The summed E-state index contributed by atoms with van der Waals surface area (Å²) >= 11 is 0. The average molecular weight is 357 g/mol. The van der Waals surface area contributed by atoms with Crippen LogP contribution in [0.3, 0.4) is 0 Å². The van der Waals surface area contributed by atoms with Crippen molar-refractivity contribution < 1.29 is 9.53 Å². The topological polar surface area (TPSA) is 81.1 Å². The summed E-state index contributed by atoms with van der Waals surface area (Å²) in [5.41, 5.74) is 1.01. The van der Waals surface area contributed by atoms with Crippen molar-refractivity contribution in [3.63, 3.8) is 0 Å². The van der Waals surface area contributed by atoms with E-state index in [0.717, 1.165) is 37.4 Å². The van der Waals surface area contributed by atoms with Crippen LogP contribution in [0, 0.1) is 5.92 Å². The summed E-state index contributed by atoms with van der Waals surface area (Å²) in [5.74, 6) is 1.04. The van der Waals surface area contributed by atoms with Crippen LogP contribution in [0.5, 0.6) is 0 Å². The Balaban J connectivity index is 1.58. The lowest BCUT2D eigenvalue weighted by Gasteiger charge is -2.30. The number of nitrogens with one attached hydrogen (secondary N) is 2. The number of carbonyl (C=O) groups is 1. The Kier molecular flexibility index (Phi) is 6.35. The van der Waals surface area contributed by atoms with Crippen molar-refractivity contribution in [3.8, 4) is 5.82 Å². The van der Waals surface area contributed by atoms with Gasteiger partial charge in [-0.05, 0) is 36.5 Å². The lowest BCUT2D eigenvalue weighted by molar-refractivity contribution is -0.124. The molecule has 1 saturated heterocycles. The summed E-state index contributed by atoms with van der Waals surface area (Å²) < 4.78 is 7.24. The van der Waals surface area contributed by atoms with E-state index < -0.39 is 0 Å². The third kappa shape index (κ3) is 4.89. The molecule has 3 heterocycles. The quantitative estimate of drug-likeness (QED) is 0.788. The Morgan fingerprint density at radius 1 is 1.35 bits per heavy atom. The molecule has 0 radical (unpaired) electrons. The summed E-state index contributed by atoms with van der Waals surface area (Å²) in [6, 6.07) is 4.01. The minimum Gasteiger partial charge on any atom is -0.381 e. The van der Waals surface area contributed by atoms with E-state index in [-0.39, 0.29) is 17.9 Å². The Hall–Kier alpha value is -2.25. The number of rotatable bonds is 7. The molecule has 0 aromatic carbocycles. The van der Waals surface area contributed by atoms with Gasteiger partial charge in [-0.15, -0.1) is 0 Å². The highest BCUT2D eigenvalue weighted by Crippen LogP contribution is 2.12. The molecule has 1 aliphatic heterocycles. The maximum Gasteiger partial charge on any atom is 0.237 e. The summed E-state index contributed by atoms with van der Waals surface area (Å²) in [6.45, 7) is 6.14. The first-order valence-corrected chi connectivity index (χ1v) is 9.18. The van der Waals surface area contributed by atoms with Crippen molar-refractivity contribution in [2.75, 3.05) is 13.2 Å². The smallest absolute Gasteiger partial charge is 0.237 e. The summed E-state index contributed by atoms with van der Waals surface area (Å²) in [4.78, 5) is 21.1. The van der Waals surface area contributed by atoms with Gasteiger partial charge in [0.15, 0.2) is 0 Å². The van der Waals surface area contributed by atoms with Crippen molar-refractivity contribution in [2.45, 2.75) is 45.3 Å². The zero-order valence-electron chi connectivity index (χ0n) is 15.4. The lowest BCUT2D eigenvalue weighted by Crippen LogP contribution is -2.52. The number of amides is 1. The normalized spacial score (nSPS) is 16.6. The van der Waals surface area contributed by atoms with Gasteiger partial charge in [0.25, 0.3) is 0 Å². The van der Waals surface area contributed by atoms with E-state index >= 15 is 0 Å². The molecule has 26 heavy (non-hydrogen) atoms. The van der Waals surface area contributed by atoms with Gasteiger partial charge in [0.05, 0.1) is 6.04 Å². The van der Waals surface area contributed by atoms with Crippen LogP contribution >= 0.6 is 0 Å². The van der Waals surface area contributed by atoms with Crippen LogP contribution in [0.25, 0.3) is 5.82 Å². The fourth-order valence-electron chi connectivity index (χ4n) is 3.09. The molecule has 2 aromatic rings. The van der Waals surface area contributed by atoms with Gasteiger partial charge in [0, 0.05) is 44.4 Å². The molecule has 0 aliphatic carbocycles. The van der Waals surface area contributed by atoms with Crippen LogP contribution in [0.4, 0.5) is 0 Å². The molecule has 1 unspecified atom stereocenters. The number of pyridine rings is 1. The van der Waals surface area contributed by atoms with Crippen LogP contribution in [0.15, 0.2) is 37.1 Å². The molecule has 2 aromatic heterocycles. The molecule has 1 amide bonds. The van der Waals surface area contributed by atoms with Crippen LogP contribution in [0.2, 0.25) is 0 Å². The molecule has 0 spiro atoms. The zero-order valence-corrected chi connectivity index (χ0v) is 15.4. The van der Waals surface area contributed by atoms with Crippen LogP contribution < -0.4 is 10.6 Å². The van der Waals surface area contributed by atoms with E-state index in [1.165, 1.54) is 0 Å². The SMILES string of the molecule is CC(C)C(NC1CCOCC1)C(=O)NCc1ccnc(-n2ccnc2)c1. The maximum atomic E-state index is 12.7. The fourth-order valence-corrected chi connectivity index (χ4v) is 3.09. The third-order valence-electron chi connectivity index (χ3n) is 4.63. The maximum absolute atomic E-state index is 12.7. The Morgan fingerprint density at radius 3 is 2.85 bits per heavy atom. The second-order valence-corrected chi connectivity index (χ2v) is 6.99. The number of nitrogens with zero attached hydrogens (tertiary/aromatic N) is 3. The molecule has 7 heteroatoms. The van der Waals surface area contributed by atoms with E-state index in [0.29, 0.717) is 12.6 Å². The molecular formula is C19H27N5O2. The monoisotopic (exact) mass is 357 g/mol. The highest BCUT2D eigenvalue weighted by molar-refractivity contribution is 5.82. The van der Waals surface area contributed by atoms with Gasteiger partial charge in [-0.25, -0.2) is 9.97 Å². The number of ether oxygens (including phenoxy) is 1. The minimum atomic E-state index is -0.201. The van der Waals surface area contributed by atoms with Crippen LogP contribution in [-0.4, -0.2) is 45.7 Å². The highest BCUT2D eigenvalue weighted by atomic mass is 16.5. The van der Waals surface area contributed by atoms with Gasteiger partial charge in [-0.3, -0.25) is 9.36 Å².